The molecule has 3 aliphatic rings. The number of carbonyl (C=O) groups is 1. The number of ether oxygens (including phenoxy) is 2. The summed E-state index contributed by atoms with van der Waals surface area (Å²) in [7, 11) is 1.98. The summed E-state index contributed by atoms with van der Waals surface area (Å²) in [5.74, 6) is -1.96. The maximum absolute atomic E-state index is 10.6. The van der Waals surface area contributed by atoms with Crippen LogP contribution in [0.25, 0.3) is 0 Å². The van der Waals surface area contributed by atoms with Gasteiger partial charge in [0, 0.05) is 44.5 Å². The number of carboxylic acids is 1. The Bertz CT molecular complexity index is 691. The molecule has 0 radical (unpaired) electrons. The molecule has 2 heterocycles. The highest BCUT2D eigenvalue weighted by Crippen LogP contribution is 2.34. The molecule has 2 aliphatic carbocycles. The summed E-state index contributed by atoms with van der Waals surface area (Å²) in [6.45, 7) is 3.77. The predicted molar refractivity (Wildman–Crippen MR) is 102 cm³/mol. The number of carboxylic acid groups (broad SMARTS) is 1. The largest absolute Gasteiger partial charge is 0.490 e. The van der Waals surface area contributed by atoms with E-state index in [2.05, 4.69) is 16.2 Å². The third kappa shape index (κ3) is 6.18. The topological polar surface area (TPSA) is 76.8 Å². The van der Waals surface area contributed by atoms with Gasteiger partial charge < -0.3 is 14.6 Å². The lowest BCUT2D eigenvalue weighted by Crippen LogP contribution is -2.51. The van der Waals surface area contributed by atoms with Crippen molar-refractivity contribution in [3.05, 3.63) is 18.0 Å². The van der Waals surface area contributed by atoms with E-state index in [4.69, 9.17) is 19.4 Å². The van der Waals surface area contributed by atoms with Gasteiger partial charge in [-0.3, -0.25) is 9.58 Å². The van der Waals surface area contributed by atoms with Crippen molar-refractivity contribution < 1.29 is 32.5 Å². The second-order valence-corrected chi connectivity index (χ2v) is 8.30. The van der Waals surface area contributed by atoms with Crippen LogP contribution < -0.4 is 0 Å². The molecular formula is C20H30F3N3O4. The van der Waals surface area contributed by atoms with Crippen molar-refractivity contribution in [2.75, 3.05) is 19.8 Å². The van der Waals surface area contributed by atoms with E-state index in [0.717, 1.165) is 38.6 Å². The summed E-state index contributed by atoms with van der Waals surface area (Å²) >= 11 is 0. The standard InChI is InChI=1S/C18H29N3O2.C2HF3O2/c1-20-11-15(10-19-20)12-21-8-9-22-18-16(21)6-7-17(18)23-13-14-4-2-3-5-14;3-2(4,5)1(6)7/h10-11,14,16-18H,2-9,12-13H2,1H3;(H,6,7)/t16-,17+,18+;/m0./s1. The van der Waals surface area contributed by atoms with Gasteiger partial charge in [-0.05, 0) is 31.6 Å². The minimum Gasteiger partial charge on any atom is -0.475 e. The molecule has 7 nitrogen and oxygen atoms in total. The van der Waals surface area contributed by atoms with Gasteiger partial charge in [0.1, 0.15) is 0 Å². The second kappa shape index (κ2) is 10.1. The normalized spacial score (nSPS) is 27.5. The molecule has 30 heavy (non-hydrogen) atoms. The maximum Gasteiger partial charge on any atom is 0.490 e. The van der Waals surface area contributed by atoms with Crippen LogP contribution in [0.2, 0.25) is 0 Å². The molecule has 0 spiro atoms. The van der Waals surface area contributed by atoms with Crippen molar-refractivity contribution in [1.29, 1.82) is 0 Å². The lowest BCUT2D eigenvalue weighted by Gasteiger charge is -2.39. The van der Waals surface area contributed by atoms with Crippen molar-refractivity contribution >= 4 is 5.97 Å². The SMILES string of the molecule is Cn1cc(CN2CCO[C@H]3[C@H](OCC4CCCC4)CC[C@@H]32)cn1.O=C(O)C(F)(F)F. The lowest BCUT2D eigenvalue weighted by molar-refractivity contribution is -0.192. The van der Waals surface area contributed by atoms with Crippen molar-refractivity contribution in [2.24, 2.45) is 13.0 Å². The molecule has 3 atom stereocenters. The summed E-state index contributed by atoms with van der Waals surface area (Å²) in [5.41, 5.74) is 1.29. The molecule has 170 valence electrons. The molecule has 1 aliphatic heterocycles. The summed E-state index contributed by atoms with van der Waals surface area (Å²) in [6.07, 6.45) is 7.41. The number of aliphatic carboxylic acids is 1. The molecule has 0 bridgehead atoms. The zero-order valence-corrected chi connectivity index (χ0v) is 17.2. The quantitative estimate of drug-likeness (QED) is 0.770. The number of hydrogen-bond donors (Lipinski definition) is 1. The smallest absolute Gasteiger partial charge is 0.475 e. The number of halogens is 3. The summed E-state index contributed by atoms with van der Waals surface area (Å²) in [5, 5.41) is 11.4. The predicted octanol–water partition coefficient (Wildman–Crippen LogP) is 2.99. The van der Waals surface area contributed by atoms with E-state index in [1.807, 2.05) is 17.9 Å². The minimum atomic E-state index is -5.08. The molecule has 1 N–H and O–H groups in total. The maximum atomic E-state index is 10.6. The zero-order chi connectivity index (χ0) is 21.7. The van der Waals surface area contributed by atoms with E-state index in [-0.39, 0.29) is 6.10 Å². The van der Waals surface area contributed by atoms with E-state index in [0.29, 0.717) is 12.1 Å². The Morgan fingerprint density at radius 3 is 2.60 bits per heavy atom. The van der Waals surface area contributed by atoms with Crippen LogP contribution in [0.4, 0.5) is 13.2 Å². The minimum absolute atomic E-state index is 0.266. The van der Waals surface area contributed by atoms with Gasteiger partial charge in [-0.2, -0.15) is 18.3 Å². The Labute approximate surface area is 174 Å². The zero-order valence-electron chi connectivity index (χ0n) is 17.2. The van der Waals surface area contributed by atoms with Crippen LogP contribution in [0.5, 0.6) is 0 Å². The fourth-order valence-electron chi connectivity index (χ4n) is 4.59. The number of hydrogen-bond acceptors (Lipinski definition) is 5. The van der Waals surface area contributed by atoms with Crippen LogP contribution in [-0.2, 0) is 27.9 Å². The first-order valence-electron chi connectivity index (χ1n) is 10.5. The molecule has 0 unspecified atom stereocenters. The van der Waals surface area contributed by atoms with Gasteiger partial charge in [-0.1, -0.05) is 12.8 Å². The van der Waals surface area contributed by atoms with E-state index in [1.54, 1.807) is 0 Å². The first-order chi connectivity index (χ1) is 14.2. The van der Waals surface area contributed by atoms with Gasteiger partial charge in [0.15, 0.2) is 0 Å². The Hall–Kier alpha value is -1.65. The van der Waals surface area contributed by atoms with Crippen LogP contribution in [0.1, 0.15) is 44.1 Å². The monoisotopic (exact) mass is 433 g/mol. The van der Waals surface area contributed by atoms with Crippen LogP contribution in [0.15, 0.2) is 12.4 Å². The third-order valence-electron chi connectivity index (χ3n) is 6.06. The van der Waals surface area contributed by atoms with Gasteiger partial charge in [0.05, 0.1) is 25.0 Å². The Balaban J connectivity index is 0.000000318. The molecule has 0 amide bonds. The molecule has 4 rings (SSSR count). The highest BCUT2D eigenvalue weighted by molar-refractivity contribution is 5.73. The first-order valence-corrected chi connectivity index (χ1v) is 10.5. The van der Waals surface area contributed by atoms with E-state index < -0.39 is 12.1 Å². The summed E-state index contributed by atoms with van der Waals surface area (Å²) in [6, 6.07) is 0.512. The highest BCUT2D eigenvalue weighted by Gasteiger charge is 2.43. The van der Waals surface area contributed by atoms with Crippen molar-refractivity contribution in [3.8, 4) is 0 Å². The van der Waals surface area contributed by atoms with Crippen LogP contribution in [-0.4, -0.2) is 69.9 Å². The van der Waals surface area contributed by atoms with E-state index in [1.165, 1.54) is 37.7 Å². The van der Waals surface area contributed by atoms with Gasteiger partial charge in [0.2, 0.25) is 0 Å². The van der Waals surface area contributed by atoms with Gasteiger partial charge in [0.25, 0.3) is 0 Å². The summed E-state index contributed by atoms with van der Waals surface area (Å²) < 4.78 is 46.0. The number of alkyl halides is 3. The van der Waals surface area contributed by atoms with Crippen LogP contribution >= 0.6 is 0 Å². The number of morpholine rings is 1. The average molecular weight is 433 g/mol. The Morgan fingerprint density at radius 2 is 2.00 bits per heavy atom. The van der Waals surface area contributed by atoms with Crippen LogP contribution in [0.3, 0.4) is 0 Å². The number of aryl methyl sites for hydroxylation is 1. The molecular weight excluding hydrogens is 403 g/mol. The molecule has 0 aromatic carbocycles. The molecule has 10 heteroatoms. The first kappa shape index (κ1) is 23.0. The fraction of sp³-hybridized carbons (Fsp3) is 0.800. The van der Waals surface area contributed by atoms with Crippen molar-refractivity contribution in [2.45, 2.75) is 69.5 Å². The van der Waals surface area contributed by atoms with Crippen LogP contribution in [0, 0.1) is 5.92 Å². The summed E-state index contributed by atoms with van der Waals surface area (Å²) in [4.78, 5) is 11.5. The van der Waals surface area contributed by atoms with Gasteiger partial charge in [-0.15, -0.1) is 0 Å². The number of aromatic nitrogens is 2. The Morgan fingerprint density at radius 1 is 1.30 bits per heavy atom. The van der Waals surface area contributed by atoms with Crippen molar-refractivity contribution in [1.82, 2.24) is 14.7 Å². The highest BCUT2D eigenvalue weighted by atomic mass is 19.4. The molecule has 1 aromatic heterocycles. The molecule has 1 saturated heterocycles. The lowest BCUT2D eigenvalue weighted by atomic mass is 10.1. The van der Waals surface area contributed by atoms with Crippen molar-refractivity contribution in [3.63, 3.8) is 0 Å². The Kier molecular flexibility index (Phi) is 7.75. The van der Waals surface area contributed by atoms with E-state index >= 15 is 0 Å². The number of fused-ring (bicyclic) bond motifs is 1. The van der Waals surface area contributed by atoms with E-state index in [9.17, 15) is 13.2 Å². The number of rotatable bonds is 5. The van der Waals surface area contributed by atoms with Gasteiger partial charge >= 0.3 is 12.1 Å². The molecule has 3 fully saturated rings. The molecule has 2 saturated carbocycles. The molecule has 1 aromatic rings. The fourth-order valence-corrected chi connectivity index (χ4v) is 4.59. The number of nitrogens with zero attached hydrogens (tertiary/aromatic N) is 3. The second-order valence-electron chi connectivity index (χ2n) is 8.30. The third-order valence-corrected chi connectivity index (χ3v) is 6.06. The van der Waals surface area contributed by atoms with Gasteiger partial charge in [-0.25, -0.2) is 4.79 Å². The average Bonchev–Trinajstić information content (AvgIpc) is 3.41.